The number of fused-ring (bicyclic) bond motifs is 3. The number of carbonyl (C=O) groups excluding carboxylic acids is 2. The zero-order valence-electron chi connectivity index (χ0n) is 17.9. The van der Waals surface area contributed by atoms with Crippen molar-refractivity contribution >= 4 is 29.8 Å². The Morgan fingerprint density at radius 2 is 1.56 bits per heavy atom. The average molecular weight is 459 g/mol. The highest BCUT2D eigenvalue weighted by Crippen LogP contribution is 2.44. The average Bonchev–Trinajstić information content (AvgIpc) is 3.13. The van der Waals surface area contributed by atoms with E-state index in [0.717, 1.165) is 22.3 Å². The summed E-state index contributed by atoms with van der Waals surface area (Å²) in [6.07, 6.45) is -0.794. The number of rotatable bonds is 10. The van der Waals surface area contributed by atoms with Crippen molar-refractivity contribution < 1.29 is 29.0 Å². The van der Waals surface area contributed by atoms with Crippen LogP contribution >= 0.6 is 11.8 Å². The van der Waals surface area contributed by atoms with Gasteiger partial charge in [-0.2, -0.15) is 11.8 Å². The predicted molar refractivity (Wildman–Crippen MR) is 122 cm³/mol. The van der Waals surface area contributed by atoms with Gasteiger partial charge in [0.25, 0.3) is 0 Å². The summed E-state index contributed by atoms with van der Waals surface area (Å²) in [6, 6.07) is 14.2. The van der Waals surface area contributed by atoms with Crippen LogP contribution in [0.25, 0.3) is 11.1 Å². The third-order valence-corrected chi connectivity index (χ3v) is 6.48. The summed E-state index contributed by atoms with van der Waals surface area (Å²) in [5.41, 5.74) is 4.38. The molecule has 2 aromatic rings. The molecule has 32 heavy (non-hydrogen) atoms. The van der Waals surface area contributed by atoms with Crippen molar-refractivity contribution in [3.8, 4) is 11.1 Å². The maximum Gasteiger partial charge on any atom is 0.407 e. The Balaban J connectivity index is 1.56. The van der Waals surface area contributed by atoms with Crippen LogP contribution in [0.3, 0.4) is 0 Å². The van der Waals surface area contributed by atoms with Gasteiger partial charge in [-0.3, -0.25) is 4.79 Å². The minimum Gasteiger partial charge on any atom is -0.480 e. The lowest BCUT2D eigenvalue weighted by atomic mass is 9.98. The van der Waals surface area contributed by atoms with E-state index in [-0.39, 0.29) is 18.3 Å². The molecule has 170 valence electrons. The van der Waals surface area contributed by atoms with E-state index in [9.17, 15) is 19.5 Å². The molecular weight excluding hydrogens is 432 g/mol. The molecule has 2 atom stereocenters. The highest BCUT2D eigenvalue weighted by molar-refractivity contribution is 7.99. The zero-order valence-corrected chi connectivity index (χ0v) is 18.7. The third-order valence-electron chi connectivity index (χ3n) is 5.34. The number of amides is 1. The summed E-state index contributed by atoms with van der Waals surface area (Å²) in [5.74, 6) is -1.34. The highest BCUT2D eigenvalue weighted by Gasteiger charge is 2.30. The topological polar surface area (TPSA) is 114 Å². The Labute approximate surface area is 190 Å². The standard InChI is InChI=1S/C23H26N2O6S/c1-24-20(22(28)30-2)13-32-12-19(21(26)27)25-23(29)31-11-18-16-9-5-3-7-14(16)15-8-4-6-10-17(15)18/h3-10,18-20,24H,11-13H2,1-2H3,(H,25,29)(H,26,27). The lowest BCUT2D eigenvalue weighted by Gasteiger charge is -2.18. The monoisotopic (exact) mass is 458 g/mol. The molecule has 0 heterocycles. The first-order chi connectivity index (χ1) is 15.5. The van der Waals surface area contributed by atoms with Crippen LogP contribution in [0.1, 0.15) is 17.0 Å². The van der Waals surface area contributed by atoms with Crippen molar-refractivity contribution in [2.45, 2.75) is 18.0 Å². The van der Waals surface area contributed by atoms with Gasteiger partial charge in [-0.15, -0.1) is 0 Å². The van der Waals surface area contributed by atoms with E-state index >= 15 is 0 Å². The molecule has 9 heteroatoms. The number of carboxylic acids is 1. The Morgan fingerprint density at radius 3 is 2.09 bits per heavy atom. The Hall–Kier alpha value is -3.04. The van der Waals surface area contributed by atoms with Crippen LogP contribution in [0.5, 0.6) is 0 Å². The molecule has 8 nitrogen and oxygen atoms in total. The Morgan fingerprint density at radius 1 is 1.00 bits per heavy atom. The molecule has 2 unspecified atom stereocenters. The fraction of sp³-hybridized carbons (Fsp3) is 0.348. The van der Waals surface area contributed by atoms with Gasteiger partial charge in [0.2, 0.25) is 0 Å². The second-order valence-electron chi connectivity index (χ2n) is 7.26. The molecule has 0 fully saturated rings. The summed E-state index contributed by atoms with van der Waals surface area (Å²) in [6.45, 7) is 0.101. The van der Waals surface area contributed by atoms with Crippen molar-refractivity contribution in [2.24, 2.45) is 0 Å². The number of esters is 1. The number of carboxylic acid groups (broad SMARTS) is 1. The summed E-state index contributed by atoms with van der Waals surface area (Å²) in [7, 11) is 2.90. The van der Waals surface area contributed by atoms with Crippen molar-refractivity contribution in [3.05, 3.63) is 59.7 Å². The molecule has 1 aliphatic carbocycles. The molecular formula is C23H26N2O6S. The number of carbonyl (C=O) groups is 3. The fourth-order valence-electron chi connectivity index (χ4n) is 3.67. The summed E-state index contributed by atoms with van der Waals surface area (Å²) >= 11 is 1.22. The van der Waals surface area contributed by atoms with E-state index in [1.807, 2.05) is 48.5 Å². The number of thioether (sulfide) groups is 1. The molecule has 0 spiro atoms. The molecule has 3 rings (SSSR count). The number of methoxy groups -OCH3 is 1. The van der Waals surface area contributed by atoms with Crippen molar-refractivity contribution in [2.75, 3.05) is 32.3 Å². The Bertz CT molecular complexity index is 937. The van der Waals surface area contributed by atoms with Crippen LogP contribution in [0.2, 0.25) is 0 Å². The van der Waals surface area contributed by atoms with Crippen molar-refractivity contribution in [3.63, 3.8) is 0 Å². The van der Waals surface area contributed by atoms with Crippen LogP contribution in [-0.4, -0.2) is 67.5 Å². The minimum absolute atomic E-state index is 0.0781. The van der Waals surface area contributed by atoms with Gasteiger partial charge < -0.3 is 25.2 Å². The molecule has 1 aliphatic rings. The number of likely N-dealkylation sites (N-methyl/N-ethyl adjacent to an activating group) is 1. The molecule has 0 aliphatic heterocycles. The summed E-state index contributed by atoms with van der Waals surface area (Å²) in [4.78, 5) is 35.5. The van der Waals surface area contributed by atoms with Gasteiger partial charge >= 0.3 is 18.0 Å². The van der Waals surface area contributed by atoms with Gasteiger partial charge in [-0.1, -0.05) is 48.5 Å². The third kappa shape index (κ3) is 5.41. The molecule has 0 saturated heterocycles. The van der Waals surface area contributed by atoms with E-state index in [2.05, 4.69) is 15.4 Å². The van der Waals surface area contributed by atoms with E-state index in [1.54, 1.807) is 7.05 Å². The van der Waals surface area contributed by atoms with Crippen LogP contribution in [0.4, 0.5) is 4.79 Å². The minimum atomic E-state index is -1.18. The second kappa shape index (κ2) is 11.0. The van der Waals surface area contributed by atoms with Crippen LogP contribution in [-0.2, 0) is 19.1 Å². The van der Waals surface area contributed by atoms with Crippen molar-refractivity contribution in [1.82, 2.24) is 10.6 Å². The van der Waals surface area contributed by atoms with Crippen LogP contribution in [0, 0.1) is 0 Å². The van der Waals surface area contributed by atoms with E-state index < -0.39 is 30.1 Å². The van der Waals surface area contributed by atoms with Gasteiger partial charge in [0.1, 0.15) is 18.7 Å². The van der Waals surface area contributed by atoms with Gasteiger partial charge in [0.15, 0.2) is 0 Å². The Kier molecular flexibility index (Phi) is 8.13. The smallest absolute Gasteiger partial charge is 0.407 e. The quantitative estimate of drug-likeness (QED) is 0.466. The second-order valence-corrected chi connectivity index (χ2v) is 8.34. The maximum absolute atomic E-state index is 12.4. The molecule has 0 saturated carbocycles. The molecule has 0 aromatic heterocycles. The fourth-order valence-corrected chi connectivity index (χ4v) is 4.81. The number of aliphatic carboxylic acids is 1. The zero-order chi connectivity index (χ0) is 23.1. The molecule has 1 amide bonds. The number of ether oxygens (including phenoxy) is 2. The molecule has 0 radical (unpaired) electrons. The van der Waals surface area contributed by atoms with Gasteiger partial charge in [0.05, 0.1) is 7.11 Å². The number of hydrogen-bond donors (Lipinski definition) is 3. The van der Waals surface area contributed by atoms with Crippen LogP contribution < -0.4 is 10.6 Å². The predicted octanol–water partition coefficient (Wildman–Crippen LogP) is 2.47. The first-order valence-corrected chi connectivity index (χ1v) is 11.3. The maximum atomic E-state index is 12.4. The van der Waals surface area contributed by atoms with E-state index in [0.29, 0.717) is 5.75 Å². The van der Waals surface area contributed by atoms with Crippen molar-refractivity contribution in [1.29, 1.82) is 0 Å². The van der Waals surface area contributed by atoms with Gasteiger partial charge in [0, 0.05) is 17.4 Å². The molecule has 2 aromatic carbocycles. The molecule has 3 N–H and O–H groups in total. The summed E-state index contributed by atoms with van der Waals surface area (Å²) in [5, 5.41) is 14.7. The SMILES string of the molecule is CNC(CSCC(NC(=O)OCC1c2ccccc2-c2ccccc21)C(=O)O)C(=O)OC. The summed E-state index contributed by atoms with van der Waals surface area (Å²) < 4.78 is 10.1. The normalized spacial score (nSPS) is 14.1. The first kappa shape index (κ1) is 23.6. The van der Waals surface area contributed by atoms with E-state index in [1.165, 1.54) is 18.9 Å². The number of alkyl carbamates (subject to hydrolysis) is 1. The van der Waals surface area contributed by atoms with Crippen LogP contribution in [0.15, 0.2) is 48.5 Å². The van der Waals surface area contributed by atoms with Gasteiger partial charge in [-0.05, 0) is 29.3 Å². The van der Waals surface area contributed by atoms with E-state index in [4.69, 9.17) is 4.74 Å². The first-order valence-electron chi connectivity index (χ1n) is 10.1. The highest BCUT2D eigenvalue weighted by atomic mass is 32.2. The number of hydrogen-bond acceptors (Lipinski definition) is 7. The van der Waals surface area contributed by atoms with Gasteiger partial charge in [-0.25, -0.2) is 9.59 Å². The number of benzene rings is 2. The number of nitrogens with one attached hydrogen (secondary N) is 2. The lowest BCUT2D eigenvalue weighted by molar-refractivity contribution is -0.142. The molecule has 0 bridgehead atoms. The largest absolute Gasteiger partial charge is 0.480 e. The lowest BCUT2D eigenvalue weighted by Crippen LogP contribution is -2.44.